The van der Waals surface area contributed by atoms with Gasteiger partial charge in [-0.15, -0.1) is 0 Å². The van der Waals surface area contributed by atoms with E-state index in [-0.39, 0.29) is 10.9 Å². The van der Waals surface area contributed by atoms with Crippen LogP contribution in [0.4, 0.5) is 0 Å². The second-order valence-corrected chi connectivity index (χ2v) is 7.91. The molecule has 0 aliphatic carbocycles. The van der Waals surface area contributed by atoms with Crippen molar-refractivity contribution >= 4 is 26.0 Å². The Morgan fingerprint density at radius 2 is 2.05 bits per heavy atom. The number of rotatable bonds is 6. The molecule has 2 aromatic rings. The smallest absolute Gasteiger partial charge is 0.246 e. The highest BCUT2D eigenvalue weighted by Crippen LogP contribution is 2.31. The molecule has 0 N–H and O–H groups in total. The Bertz CT molecular complexity index is 743. The van der Waals surface area contributed by atoms with Crippen LogP contribution in [-0.2, 0) is 17.1 Å². The Hall–Kier alpha value is -1.18. The number of halogens is 1. The normalized spacial score (nSPS) is 13.5. The molecule has 1 atom stereocenters. The monoisotopic (exact) mass is 385 g/mol. The molecule has 0 fully saturated rings. The fourth-order valence-electron chi connectivity index (χ4n) is 2.38. The highest BCUT2D eigenvalue weighted by atomic mass is 79.9. The zero-order chi connectivity index (χ0) is 16.3. The maximum atomic E-state index is 12.9. The first-order valence-corrected chi connectivity index (χ1v) is 9.36. The minimum absolute atomic E-state index is 0.224. The lowest BCUT2D eigenvalue weighted by molar-refractivity contribution is 0.341. The van der Waals surface area contributed by atoms with Crippen molar-refractivity contribution in [3.63, 3.8) is 0 Å². The average molecular weight is 386 g/mol. The van der Waals surface area contributed by atoms with Crippen LogP contribution in [0.1, 0.15) is 31.9 Å². The minimum Gasteiger partial charge on any atom is -0.274 e. The van der Waals surface area contributed by atoms with Crippen LogP contribution in [-0.4, -0.2) is 29.0 Å². The van der Waals surface area contributed by atoms with Gasteiger partial charge in [0.05, 0.1) is 6.20 Å². The standard InChI is InChI=1S/C15H20BrN3O2S/c1-4-9-19(12(2)14-7-5-6-8-15(14)16)22(20,21)13-10-17-18(3)11-13/h5-8,10-12H,4,9H2,1-3H3. The molecule has 1 unspecified atom stereocenters. The lowest BCUT2D eigenvalue weighted by atomic mass is 10.1. The van der Waals surface area contributed by atoms with Gasteiger partial charge in [0.1, 0.15) is 4.90 Å². The highest BCUT2D eigenvalue weighted by molar-refractivity contribution is 9.10. The van der Waals surface area contributed by atoms with Crippen LogP contribution in [0, 0.1) is 0 Å². The molecular formula is C15H20BrN3O2S. The van der Waals surface area contributed by atoms with Crippen molar-refractivity contribution in [1.82, 2.24) is 14.1 Å². The maximum Gasteiger partial charge on any atom is 0.246 e. The molecule has 0 amide bonds. The summed E-state index contributed by atoms with van der Waals surface area (Å²) >= 11 is 3.51. The Morgan fingerprint density at radius 3 is 2.59 bits per heavy atom. The van der Waals surface area contributed by atoms with E-state index in [1.54, 1.807) is 7.05 Å². The first-order chi connectivity index (χ1) is 10.4. The van der Waals surface area contributed by atoms with E-state index in [0.29, 0.717) is 6.54 Å². The number of sulfonamides is 1. The number of hydrogen-bond donors (Lipinski definition) is 0. The van der Waals surface area contributed by atoms with Crippen molar-refractivity contribution in [2.75, 3.05) is 6.54 Å². The van der Waals surface area contributed by atoms with E-state index in [4.69, 9.17) is 0 Å². The van der Waals surface area contributed by atoms with Crippen molar-refractivity contribution < 1.29 is 8.42 Å². The van der Waals surface area contributed by atoms with Crippen molar-refractivity contribution in [1.29, 1.82) is 0 Å². The topological polar surface area (TPSA) is 55.2 Å². The van der Waals surface area contributed by atoms with Gasteiger partial charge in [-0.2, -0.15) is 9.40 Å². The third kappa shape index (κ3) is 3.42. The van der Waals surface area contributed by atoms with Gasteiger partial charge < -0.3 is 0 Å². The van der Waals surface area contributed by atoms with Gasteiger partial charge in [0, 0.05) is 30.3 Å². The van der Waals surface area contributed by atoms with Crippen LogP contribution in [0.5, 0.6) is 0 Å². The van der Waals surface area contributed by atoms with E-state index < -0.39 is 10.0 Å². The predicted octanol–water partition coefficient (Wildman–Crippen LogP) is 3.34. The van der Waals surface area contributed by atoms with Crippen LogP contribution >= 0.6 is 15.9 Å². The van der Waals surface area contributed by atoms with Gasteiger partial charge in [-0.05, 0) is 25.0 Å². The molecule has 0 bridgehead atoms. The molecule has 2 rings (SSSR count). The lowest BCUT2D eigenvalue weighted by Gasteiger charge is -2.28. The van der Waals surface area contributed by atoms with E-state index in [1.165, 1.54) is 21.4 Å². The molecule has 1 aromatic carbocycles. The zero-order valence-electron chi connectivity index (χ0n) is 12.9. The fourth-order valence-corrected chi connectivity index (χ4v) is 4.68. The lowest BCUT2D eigenvalue weighted by Crippen LogP contribution is -2.34. The van der Waals surface area contributed by atoms with Gasteiger partial charge in [-0.1, -0.05) is 41.1 Å². The van der Waals surface area contributed by atoms with E-state index in [9.17, 15) is 8.42 Å². The third-order valence-corrected chi connectivity index (χ3v) is 6.16. The molecule has 120 valence electrons. The van der Waals surface area contributed by atoms with Crippen molar-refractivity contribution in [3.8, 4) is 0 Å². The summed E-state index contributed by atoms with van der Waals surface area (Å²) < 4.78 is 29.8. The first-order valence-electron chi connectivity index (χ1n) is 7.12. The minimum atomic E-state index is -3.58. The summed E-state index contributed by atoms with van der Waals surface area (Å²) in [6.07, 6.45) is 3.67. The predicted molar refractivity (Wildman–Crippen MR) is 89.9 cm³/mol. The van der Waals surface area contributed by atoms with Crippen LogP contribution < -0.4 is 0 Å². The van der Waals surface area contributed by atoms with Gasteiger partial charge in [0.15, 0.2) is 0 Å². The van der Waals surface area contributed by atoms with Gasteiger partial charge in [-0.3, -0.25) is 4.68 Å². The average Bonchev–Trinajstić information content (AvgIpc) is 2.92. The second-order valence-electron chi connectivity index (χ2n) is 5.16. The zero-order valence-corrected chi connectivity index (χ0v) is 15.3. The van der Waals surface area contributed by atoms with Crippen LogP contribution in [0.15, 0.2) is 46.0 Å². The number of benzene rings is 1. The number of nitrogens with zero attached hydrogens (tertiary/aromatic N) is 3. The molecule has 5 nitrogen and oxygen atoms in total. The van der Waals surface area contributed by atoms with Crippen LogP contribution in [0.25, 0.3) is 0 Å². The Morgan fingerprint density at radius 1 is 1.36 bits per heavy atom. The summed E-state index contributed by atoms with van der Waals surface area (Å²) in [6, 6.07) is 7.43. The fraction of sp³-hybridized carbons (Fsp3) is 0.400. The van der Waals surface area contributed by atoms with Gasteiger partial charge in [-0.25, -0.2) is 8.42 Å². The third-order valence-electron chi connectivity index (χ3n) is 3.52. The largest absolute Gasteiger partial charge is 0.274 e. The van der Waals surface area contributed by atoms with Crippen molar-refractivity contribution in [2.24, 2.45) is 7.05 Å². The Labute approximate surface area is 140 Å². The molecule has 0 aliphatic rings. The van der Waals surface area contributed by atoms with E-state index in [0.717, 1.165) is 16.5 Å². The summed E-state index contributed by atoms with van der Waals surface area (Å²) in [5.41, 5.74) is 0.948. The van der Waals surface area contributed by atoms with Crippen molar-refractivity contribution in [3.05, 3.63) is 46.7 Å². The van der Waals surface area contributed by atoms with Gasteiger partial charge in [0.25, 0.3) is 0 Å². The number of hydrogen-bond acceptors (Lipinski definition) is 3. The molecular weight excluding hydrogens is 366 g/mol. The van der Waals surface area contributed by atoms with Gasteiger partial charge in [0.2, 0.25) is 10.0 Å². The summed E-state index contributed by atoms with van der Waals surface area (Å²) in [6.45, 7) is 4.34. The van der Waals surface area contributed by atoms with Crippen LogP contribution in [0.3, 0.4) is 0 Å². The van der Waals surface area contributed by atoms with E-state index in [2.05, 4.69) is 21.0 Å². The molecule has 1 aromatic heterocycles. The summed E-state index contributed by atoms with van der Waals surface area (Å²) in [5, 5.41) is 3.98. The van der Waals surface area contributed by atoms with Crippen LogP contribution in [0.2, 0.25) is 0 Å². The molecule has 1 heterocycles. The molecule has 0 spiro atoms. The quantitative estimate of drug-likeness (QED) is 0.765. The SMILES string of the molecule is CCCN(C(C)c1ccccc1Br)S(=O)(=O)c1cnn(C)c1. The molecule has 0 saturated heterocycles. The van der Waals surface area contributed by atoms with Gasteiger partial charge >= 0.3 is 0 Å². The highest BCUT2D eigenvalue weighted by Gasteiger charge is 2.31. The molecule has 0 aliphatic heterocycles. The summed E-state index contributed by atoms with van der Waals surface area (Å²) in [4.78, 5) is 0.224. The number of aromatic nitrogens is 2. The van der Waals surface area contributed by atoms with E-state index in [1.807, 2.05) is 38.1 Å². The number of aryl methyl sites for hydroxylation is 1. The second kappa shape index (κ2) is 6.93. The Balaban J connectivity index is 2.44. The Kier molecular flexibility index (Phi) is 5.41. The summed E-state index contributed by atoms with van der Waals surface area (Å²) in [7, 11) is -1.87. The molecule has 7 heteroatoms. The first kappa shape index (κ1) is 17.2. The summed E-state index contributed by atoms with van der Waals surface area (Å²) in [5.74, 6) is 0. The molecule has 0 radical (unpaired) electrons. The molecule has 0 saturated carbocycles. The van der Waals surface area contributed by atoms with E-state index >= 15 is 0 Å². The maximum absolute atomic E-state index is 12.9. The molecule has 22 heavy (non-hydrogen) atoms. The van der Waals surface area contributed by atoms with Crippen molar-refractivity contribution in [2.45, 2.75) is 31.2 Å².